The molecule has 1 aromatic rings. The van der Waals surface area contributed by atoms with Crippen LogP contribution in [0.3, 0.4) is 0 Å². The van der Waals surface area contributed by atoms with Crippen molar-refractivity contribution in [3.8, 4) is 6.07 Å². The van der Waals surface area contributed by atoms with Crippen LogP contribution in [0.2, 0.25) is 0 Å². The average molecular weight is 464 g/mol. The highest BCUT2D eigenvalue weighted by Gasteiger charge is 2.21. The van der Waals surface area contributed by atoms with Gasteiger partial charge in [-0.25, -0.2) is 4.98 Å². The number of fused-ring (bicyclic) bond motifs is 1. The van der Waals surface area contributed by atoms with Gasteiger partial charge in [0.15, 0.2) is 0 Å². The second-order valence-electron chi connectivity index (χ2n) is 8.02. The molecule has 188 valence electrons. The fraction of sp³-hybridized carbons (Fsp3) is 0.692. The Hall–Kier alpha value is -2.62. The van der Waals surface area contributed by atoms with Crippen molar-refractivity contribution in [2.75, 3.05) is 7.11 Å². The Morgan fingerprint density at radius 1 is 1.24 bits per heavy atom. The number of hydrogen-bond donors (Lipinski definition) is 0. The highest BCUT2D eigenvalue weighted by atomic mass is 16.5. The molecule has 0 N–H and O–H groups in total. The molecule has 0 saturated heterocycles. The maximum Gasteiger partial charge on any atom is 0.310 e. The molecule has 0 spiro atoms. The van der Waals surface area contributed by atoms with Crippen molar-refractivity contribution in [3.63, 3.8) is 0 Å². The van der Waals surface area contributed by atoms with Crippen LogP contribution in [0, 0.1) is 22.7 Å². The van der Waals surface area contributed by atoms with Gasteiger partial charge in [-0.15, -0.1) is 0 Å². The lowest BCUT2D eigenvalue weighted by Crippen LogP contribution is -2.21. The monoisotopic (exact) mass is 463 g/mol. The van der Waals surface area contributed by atoms with Crippen LogP contribution in [-0.2, 0) is 38.6 Å². The van der Waals surface area contributed by atoms with Gasteiger partial charge >= 0.3 is 11.9 Å². The summed E-state index contributed by atoms with van der Waals surface area (Å²) in [6.07, 6.45) is 7.65. The normalized spacial score (nSPS) is 13.8. The van der Waals surface area contributed by atoms with Crippen LogP contribution in [0.25, 0.3) is 6.08 Å². The van der Waals surface area contributed by atoms with E-state index < -0.39 is 0 Å². The van der Waals surface area contributed by atoms with E-state index in [-0.39, 0.29) is 29.9 Å². The number of nitrogens with zero attached hydrogens (tertiary/aromatic N) is 3. The number of aromatic nitrogens is 2. The van der Waals surface area contributed by atoms with Crippen molar-refractivity contribution >= 4 is 18.0 Å². The fourth-order valence-corrected chi connectivity index (χ4v) is 2.79. The van der Waals surface area contributed by atoms with Crippen LogP contribution in [-0.4, -0.2) is 28.6 Å². The fourth-order valence-electron chi connectivity index (χ4n) is 2.79. The van der Waals surface area contributed by atoms with E-state index in [0.29, 0.717) is 0 Å². The number of allylic oxidation sites excluding steroid dienone is 1. The SMILES string of the molecule is CC.CC.CCCCn1c(COC(C)=O)nc2c1C=CC(C#N)CC2.COC(=O)C(C)(C)C. The maximum atomic E-state index is 11.0. The Bertz CT molecular complexity index is 768. The zero-order valence-electron chi connectivity index (χ0n) is 22.4. The van der Waals surface area contributed by atoms with E-state index in [1.165, 1.54) is 14.0 Å². The third kappa shape index (κ3) is 12.3. The van der Waals surface area contributed by atoms with Gasteiger partial charge in [-0.1, -0.05) is 47.1 Å². The van der Waals surface area contributed by atoms with Crippen LogP contribution in [0.4, 0.5) is 0 Å². The highest BCUT2D eigenvalue weighted by Crippen LogP contribution is 2.24. The molecule has 1 aliphatic carbocycles. The molecular weight excluding hydrogens is 418 g/mol. The largest absolute Gasteiger partial charge is 0.469 e. The van der Waals surface area contributed by atoms with Crippen molar-refractivity contribution in [2.24, 2.45) is 11.3 Å². The van der Waals surface area contributed by atoms with Crippen molar-refractivity contribution < 1.29 is 19.1 Å². The number of aryl methyl sites for hydroxylation is 1. The summed E-state index contributed by atoms with van der Waals surface area (Å²) >= 11 is 0. The molecule has 0 aliphatic heterocycles. The number of esters is 2. The van der Waals surface area contributed by atoms with Crippen molar-refractivity contribution in [2.45, 2.75) is 101 Å². The van der Waals surface area contributed by atoms with Crippen molar-refractivity contribution in [1.82, 2.24) is 9.55 Å². The molecule has 1 aliphatic rings. The van der Waals surface area contributed by atoms with Crippen molar-refractivity contribution in [1.29, 1.82) is 5.26 Å². The average Bonchev–Trinajstić information content (AvgIpc) is 3.00. The summed E-state index contributed by atoms with van der Waals surface area (Å²) in [4.78, 5) is 26.3. The van der Waals surface area contributed by atoms with E-state index in [0.717, 1.165) is 49.4 Å². The minimum absolute atomic E-state index is 0.0456. The second-order valence-corrected chi connectivity index (χ2v) is 8.02. The first-order valence-electron chi connectivity index (χ1n) is 12.0. The molecule has 7 nitrogen and oxygen atoms in total. The number of ether oxygens (including phenoxy) is 2. The predicted molar refractivity (Wildman–Crippen MR) is 133 cm³/mol. The van der Waals surface area contributed by atoms with Gasteiger partial charge in [-0.2, -0.15) is 5.26 Å². The number of hydrogen-bond acceptors (Lipinski definition) is 6. The van der Waals surface area contributed by atoms with Gasteiger partial charge in [0.2, 0.25) is 0 Å². The number of imidazole rings is 1. The van der Waals surface area contributed by atoms with E-state index in [1.54, 1.807) is 0 Å². The van der Waals surface area contributed by atoms with Crippen molar-refractivity contribution in [3.05, 3.63) is 23.3 Å². The van der Waals surface area contributed by atoms with E-state index in [2.05, 4.69) is 27.3 Å². The molecule has 1 atom stereocenters. The molecule has 0 aromatic carbocycles. The molecular formula is C26H45N3O4. The maximum absolute atomic E-state index is 11.0. The van der Waals surface area contributed by atoms with E-state index in [9.17, 15) is 9.59 Å². The summed E-state index contributed by atoms with van der Waals surface area (Å²) in [5.41, 5.74) is 1.71. The lowest BCUT2D eigenvalue weighted by molar-refractivity contribution is -0.149. The van der Waals surface area contributed by atoms with E-state index in [1.807, 2.05) is 60.6 Å². The number of methoxy groups -OCH3 is 1. The smallest absolute Gasteiger partial charge is 0.310 e. The highest BCUT2D eigenvalue weighted by molar-refractivity contribution is 5.75. The van der Waals surface area contributed by atoms with Crippen LogP contribution in [0.5, 0.6) is 0 Å². The molecule has 1 unspecified atom stereocenters. The number of carbonyl (C=O) groups is 2. The summed E-state index contributed by atoms with van der Waals surface area (Å²) in [6.45, 7) is 18.1. The number of rotatable bonds is 5. The Morgan fingerprint density at radius 2 is 1.85 bits per heavy atom. The third-order valence-corrected chi connectivity index (χ3v) is 4.44. The minimum atomic E-state index is -0.352. The second kappa shape index (κ2) is 17.9. The van der Waals surface area contributed by atoms with Crippen LogP contribution in [0.15, 0.2) is 6.08 Å². The summed E-state index contributed by atoms with van der Waals surface area (Å²) in [5, 5.41) is 9.06. The summed E-state index contributed by atoms with van der Waals surface area (Å²) in [7, 11) is 1.40. The van der Waals surface area contributed by atoms with E-state index >= 15 is 0 Å². The van der Waals surface area contributed by atoms with Gasteiger partial charge in [0.1, 0.15) is 12.4 Å². The minimum Gasteiger partial charge on any atom is -0.469 e. The molecule has 1 heterocycles. The quantitative estimate of drug-likeness (QED) is 0.489. The van der Waals surface area contributed by atoms with Gasteiger partial charge in [0.05, 0.1) is 35.9 Å². The number of nitriles is 1. The summed E-state index contributed by atoms with van der Waals surface area (Å²) < 4.78 is 11.7. The topological polar surface area (TPSA) is 94.2 Å². The van der Waals surface area contributed by atoms with Crippen LogP contribution < -0.4 is 0 Å². The Balaban J connectivity index is 0. The van der Waals surface area contributed by atoms with Gasteiger partial charge in [-0.05, 0) is 46.1 Å². The molecule has 0 saturated carbocycles. The van der Waals surface area contributed by atoms with Gasteiger partial charge in [-0.3, -0.25) is 9.59 Å². The molecule has 1 aromatic heterocycles. The lowest BCUT2D eigenvalue weighted by Gasteiger charge is -2.13. The summed E-state index contributed by atoms with van der Waals surface area (Å²) in [6, 6.07) is 2.29. The molecule has 0 amide bonds. The number of unbranched alkanes of at least 4 members (excludes halogenated alkanes) is 1. The molecule has 0 radical (unpaired) electrons. The zero-order chi connectivity index (χ0) is 26.0. The Kier molecular flexibility index (Phi) is 17.6. The number of carbonyl (C=O) groups excluding carboxylic acids is 2. The summed E-state index contributed by atoms with van der Waals surface area (Å²) in [5.74, 6) is 0.285. The Morgan fingerprint density at radius 3 is 2.27 bits per heavy atom. The standard InChI is InChI=1S/C16H21N3O2.C6H12O2.2C2H6/c1-3-4-9-19-15-8-6-13(10-17)5-7-14(15)18-16(19)11-21-12(2)20;1-6(2,3)5(7)8-4;2*1-2/h6,8,13H,3-5,7,9,11H2,1-2H3;1-4H3;2*1-2H3. The van der Waals surface area contributed by atoms with Crippen LogP contribution in [0.1, 0.15) is 98.8 Å². The first-order valence-corrected chi connectivity index (χ1v) is 12.0. The van der Waals surface area contributed by atoms with Crippen LogP contribution >= 0.6 is 0 Å². The van der Waals surface area contributed by atoms with Gasteiger partial charge in [0, 0.05) is 13.5 Å². The van der Waals surface area contributed by atoms with E-state index in [4.69, 9.17) is 10.00 Å². The molecule has 33 heavy (non-hydrogen) atoms. The first kappa shape index (κ1) is 32.6. The van der Waals surface area contributed by atoms with Gasteiger partial charge in [0.25, 0.3) is 0 Å². The zero-order valence-corrected chi connectivity index (χ0v) is 22.4. The van der Waals surface area contributed by atoms with Gasteiger partial charge < -0.3 is 14.0 Å². The molecule has 2 rings (SSSR count). The Labute approximate surface area is 201 Å². The first-order chi connectivity index (χ1) is 15.6. The third-order valence-electron chi connectivity index (χ3n) is 4.44. The lowest BCUT2D eigenvalue weighted by atomic mass is 9.98. The molecule has 0 fully saturated rings. The predicted octanol–water partition coefficient (Wildman–Crippen LogP) is 6.10. The molecule has 0 bridgehead atoms. The molecule has 7 heteroatoms.